The Bertz CT molecular complexity index is 1070. The van der Waals surface area contributed by atoms with E-state index in [1.54, 1.807) is 12.1 Å². The predicted molar refractivity (Wildman–Crippen MR) is 102 cm³/mol. The number of aliphatic carboxylic acids is 1. The Morgan fingerprint density at radius 3 is 2.50 bits per heavy atom. The lowest BCUT2D eigenvalue weighted by molar-refractivity contribution is -0.138. The Morgan fingerprint density at radius 1 is 1.07 bits per heavy atom. The number of rotatable bonds is 8. The third-order valence-corrected chi connectivity index (χ3v) is 4.75. The fraction of sp³-hybridized carbons (Fsp3) is 0.222. The first kappa shape index (κ1) is 20.0. The smallest absolute Gasteiger partial charge is 0.339 e. The first-order chi connectivity index (χ1) is 13.2. The molecule has 0 aliphatic heterocycles. The molecule has 0 saturated heterocycles. The maximum absolute atomic E-state index is 12.3. The SMILES string of the molecule is O=C(O)CNC(=O)[C@H](Cc1ccc2c(c1)oc1ccccc12)NCP(=O)(O)O. The van der Waals surface area contributed by atoms with Crippen LogP contribution in [0.2, 0.25) is 0 Å². The summed E-state index contributed by atoms with van der Waals surface area (Å²) in [4.78, 5) is 41.0. The Kier molecular flexibility index (Phi) is 5.81. The topological polar surface area (TPSA) is 149 Å². The molecule has 3 aromatic rings. The first-order valence-electron chi connectivity index (χ1n) is 8.40. The molecule has 0 bridgehead atoms. The Labute approximate surface area is 159 Å². The number of carbonyl (C=O) groups is 2. The average molecular weight is 406 g/mol. The summed E-state index contributed by atoms with van der Waals surface area (Å²) in [5, 5.41) is 15.3. The molecule has 1 amide bonds. The third kappa shape index (κ3) is 4.96. The van der Waals surface area contributed by atoms with Crippen molar-refractivity contribution in [2.45, 2.75) is 12.5 Å². The summed E-state index contributed by atoms with van der Waals surface area (Å²) in [7, 11) is -4.39. The van der Waals surface area contributed by atoms with Crippen LogP contribution in [0.5, 0.6) is 0 Å². The average Bonchev–Trinajstić information content (AvgIpc) is 3.00. The summed E-state index contributed by atoms with van der Waals surface area (Å²) in [6, 6.07) is 11.9. The standard InChI is InChI=1S/C18H19N2O7P/c21-17(22)9-19-18(23)14(20-10-28(24,25)26)7-11-5-6-13-12-3-1-2-4-15(12)27-16(13)8-11/h1-6,8,14,20H,7,9-10H2,(H,19,23)(H,21,22)(H2,24,25,26)/t14-/m0/s1. The number of carboxylic acids is 1. The largest absolute Gasteiger partial charge is 0.480 e. The zero-order valence-electron chi connectivity index (χ0n) is 14.7. The van der Waals surface area contributed by atoms with Crippen LogP contribution < -0.4 is 10.6 Å². The molecule has 0 spiro atoms. The van der Waals surface area contributed by atoms with Crippen LogP contribution in [-0.2, 0) is 20.6 Å². The fourth-order valence-electron chi connectivity index (χ4n) is 2.91. The molecule has 3 rings (SSSR count). The molecule has 0 aliphatic carbocycles. The second kappa shape index (κ2) is 8.12. The molecule has 1 aromatic heterocycles. The van der Waals surface area contributed by atoms with Gasteiger partial charge in [0.25, 0.3) is 0 Å². The number of amides is 1. The number of benzene rings is 2. The van der Waals surface area contributed by atoms with Crippen LogP contribution in [0.25, 0.3) is 21.9 Å². The summed E-state index contributed by atoms with van der Waals surface area (Å²) in [5.41, 5.74) is 2.05. The number of carbonyl (C=O) groups excluding carboxylic acids is 1. The minimum atomic E-state index is -4.39. The molecule has 0 saturated carbocycles. The number of nitrogens with one attached hydrogen (secondary N) is 2. The molecular formula is C18H19N2O7P. The molecule has 1 atom stereocenters. The maximum atomic E-state index is 12.3. The van der Waals surface area contributed by atoms with E-state index in [1.165, 1.54) is 0 Å². The summed E-state index contributed by atoms with van der Waals surface area (Å²) < 4.78 is 16.9. The van der Waals surface area contributed by atoms with Crippen LogP contribution in [0, 0.1) is 0 Å². The van der Waals surface area contributed by atoms with Gasteiger partial charge in [-0.25, -0.2) is 0 Å². The van der Waals surface area contributed by atoms with E-state index < -0.39 is 38.3 Å². The molecule has 28 heavy (non-hydrogen) atoms. The Balaban J connectivity index is 1.83. The maximum Gasteiger partial charge on any atom is 0.339 e. The van der Waals surface area contributed by atoms with Gasteiger partial charge in [0.15, 0.2) is 0 Å². The molecule has 0 radical (unpaired) electrons. The molecule has 148 valence electrons. The minimum absolute atomic E-state index is 0.0957. The lowest BCUT2D eigenvalue weighted by Gasteiger charge is -2.18. The van der Waals surface area contributed by atoms with Gasteiger partial charge in [-0.3, -0.25) is 19.5 Å². The first-order valence-corrected chi connectivity index (χ1v) is 10.2. The molecule has 9 nitrogen and oxygen atoms in total. The molecule has 2 aromatic carbocycles. The molecule has 10 heteroatoms. The van der Waals surface area contributed by atoms with Gasteiger partial charge in [-0.2, -0.15) is 0 Å². The second-order valence-electron chi connectivity index (χ2n) is 6.32. The van der Waals surface area contributed by atoms with E-state index in [4.69, 9.17) is 19.3 Å². The van der Waals surface area contributed by atoms with E-state index in [1.807, 2.05) is 30.3 Å². The van der Waals surface area contributed by atoms with Crippen molar-refractivity contribution in [2.24, 2.45) is 0 Å². The van der Waals surface area contributed by atoms with Gasteiger partial charge in [-0.15, -0.1) is 0 Å². The minimum Gasteiger partial charge on any atom is -0.480 e. The van der Waals surface area contributed by atoms with Crippen molar-refractivity contribution >= 4 is 41.4 Å². The van der Waals surface area contributed by atoms with E-state index in [0.29, 0.717) is 11.1 Å². The van der Waals surface area contributed by atoms with Crippen molar-refractivity contribution in [3.8, 4) is 0 Å². The number of furan rings is 1. The van der Waals surface area contributed by atoms with E-state index in [9.17, 15) is 14.2 Å². The highest BCUT2D eigenvalue weighted by Gasteiger charge is 2.23. The number of fused-ring (bicyclic) bond motifs is 3. The monoisotopic (exact) mass is 406 g/mol. The number of carboxylic acid groups (broad SMARTS) is 1. The van der Waals surface area contributed by atoms with Crippen molar-refractivity contribution in [1.82, 2.24) is 10.6 Å². The van der Waals surface area contributed by atoms with Gasteiger partial charge in [0.1, 0.15) is 17.7 Å². The highest BCUT2D eigenvalue weighted by Crippen LogP contribution is 2.32. The van der Waals surface area contributed by atoms with Crippen molar-refractivity contribution in [3.05, 3.63) is 48.0 Å². The van der Waals surface area contributed by atoms with Crippen LogP contribution in [0.3, 0.4) is 0 Å². The molecule has 0 aliphatic rings. The molecule has 0 fully saturated rings. The Morgan fingerprint density at radius 2 is 1.79 bits per heavy atom. The van der Waals surface area contributed by atoms with Crippen LogP contribution >= 0.6 is 7.60 Å². The van der Waals surface area contributed by atoms with Gasteiger partial charge in [0, 0.05) is 10.8 Å². The molecule has 0 unspecified atom stereocenters. The van der Waals surface area contributed by atoms with Crippen LogP contribution in [0.4, 0.5) is 0 Å². The van der Waals surface area contributed by atoms with Gasteiger partial charge in [0.05, 0.1) is 12.3 Å². The second-order valence-corrected chi connectivity index (χ2v) is 7.97. The van der Waals surface area contributed by atoms with Gasteiger partial charge in [-0.05, 0) is 24.1 Å². The molecule has 5 N–H and O–H groups in total. The summed E-state index contributed by atoms with van der Waals surface area (Å²) in [6.45, 7) is -0.588. The summed E-state index contributed by atoms with van der Waals surface area (Å²) >= 11 is 0. The normalized spacial score (nSPS) is 12.9. The lowest BCUT2D eigenvalue weighted by atomic mass is 10.0. The summed E-state index contributed by atoms with van der Waals surface area (Å²) in [6.07, 6.45) is -0.608. The van der Waals surface area contributed by atoms with E-state index >= 15 is 0 Å². The van der Waals surface area contributed by atoms with Crippen molar-refractivity contribution < 1.29 is 33.5 Å². The summed E-state index contributed by atoms with van der Waals surface area (Å²) in [5.74, 6) is -1.88. The third-order valence-electron chi connectivity index (χ3n) is 4.16. The van der Waals surface area contributed by atoms with Crippen LogP contribution in [0.1, 0.15) is 5.56 Å². The van der Waals surface area contributed by atoms with Crippen molar-refractivity contribution in [3.63, 3.8) is 0 Å². The zero-order valence-corrected chi connectivity index (χ0v) is 15.6. The van der Waals surface area contributed by atoms with Crippen LogP contribution in [0.15, 0.2) is 46.9 Å². The van der Waals surface area contributed by atoms with Gasteiger partial charge in [-0.1, -0.05) is 30.3 Å². The van der Waals surface area contributed by atoms with E-state index in [0.717, 1.165) is 16.4 Å². The lowest BCUT2D eigenvalue weighted by Crippen LogP contribution is -2.47. The van der Waals surface area contributed by atoms with E-state index in [-0.39, 0.29) is 6.42 Å². The van der Waals surface area contributed by atoms with Crippen LogP contribution in [-0.4, -0.2) is 45.6 Å². The quantitative estimate of drug-likeness (QED) is 0.353. The van der Waals surface area contributed by atoms with E-state index in [2.05, 4.69) is 10.6 Å². The molecular weight excluding hydrogens is 387 g/mol. The number of hydrogen-bond acceptors (Lipinski definition) is 5. The van der Waals surface area contributed by atoms with Crippen molar-refractivity contribution in [1.29, 1.82) is 0 Å². The highest BCUT2D eigenvalue weighted by molar-refractivity contribution is 7.51. The predicted octanol–water partition coefficient (Wildman–Crippen LogP) is 1.42. The zero-order chi connectivity index (χ0) is 20.3. The molecule has 1 heterocycles. The fourth-order valence-corrected chi connectivity index (χ4v) is 3.36. The highest BCUT2D eigenvalue weighted by atomic mass is 31.2. The van der Waals surface area contributed by atoms with Crippen molar-refractivity contribution in [2.75, 3.05) is 12.8 Å². The van der Waals surface area contributed by atoms with Gasteiger partial charge < -0.3 is 24.6 Å². The Hall–Kier alpha value is -2.71. The number of para-hydroxylation sites is 1. The van der Waals surface area contributed by atoms with Gasteiger partial charge in [0.2, 0.25) is 5.91 Å². The number of hydrogen-bond donors (Lipinski definition) is 5. The van der Waals surface area contributed by atoms with Gasteiger partial charge >= 0.3 is 13.6 Å².